The number of hydrogen-bond acceptors (Lipinski definition) is 5. The first-order valence-electron chi connectivity index (χ1n) is 10.9. The molecule has 1 saturated heterocycles. The average Bonchev–Trinajstić information content (AvgIpc) is 3.33. The van der Waals surface area contributed by atoms with Gasteiger partial charge < -0.3 is 13.7 Å². The molecule has 5 rings (SSSR count). The third-order valence-electron chi connectivity index (χ3n) is 6.24. The molecule has 162 valence electrons. The van der Waals surface area contributed by atoms with E-state index in [4.69, 9.17) is 20.4 Å². The number of benzene rings is 2. The maximum Gasteiger partial charge on any atom is 0.420 e. The lowest BCUT2D eigenvalue weighted by Crippen LogP contribution is -2.46. The van der Waals surface area contributed by atoms with Crippen LogP contribution >= 0.6 is 11.6 Å². The van der Waals surface area contributed by atoms with Gasteiger partial charge in [-0.05, 0) is 62.2 Å². The van der Waals surface area contributed by atoms with E-state index in [1.54, 1.807) is 4.57 Å². The van der Waals surface area contributed by atoms with Gasteiger partial charge in [0, 0.05) is 43.1 Å². The molecule has 0 N–H and O–H groups in total. The predicted molar refractivity (Wildman–Crippen MR) is 124 cm³/mol. The number of oxazole rings is 1. The molecular formula is C24H26ClN3O3. The fourth-order valence-electron chi connectivity index (χ4n) is 4.57. The van der Waals surface area contributed by atoms with Crippen LogP contribution in [-0.4, -0.2) is 42.2 Å². The normalized spacial score (nSPS) is 15.4. The van der Waals surface area contributed by atoms with Crippen LogP contribution in [0.25, 0.3) is 22.1 Å². The lowest BCUT2D eigenvalue weighted by Gasteiger charge is -2.36. The molecule has 1 fully saturated rings. The van der Waals surface area contributed by atoms with Crippen LogP contribution in [0.4, 0.5) is 5.69 Å². The second-order valence-electron chi connectivity index (χ2n) is 8.07. The molecule has 1 aliphatic heterocycles. The van der Waals surface area contributed by atoms with E-state index in [1.165, 1.54) is 5.56 Å². The second-order valence-corrected chi connectivity index (χ2v) is 8.51. The van der Waals surface area contributed by atoms with Gasteiger partial charge in [-0.2, -0.15) is 0 Å². The molecule has 0 spiro atoms. The van der Waals surface area contributed by atoms with Crippen molar-refractivity contribution in [3.63, 3.8) is 0 Å². The number of piperazine rings is 1. The van der Waals surface area contributed by atoms with E-state index in [2.05, 4.69) is 15.9 Å². The zero-order valence-corrected chi connectivity index (χ0v) is 18.4. The zero-order chi connectivity index (χ0) is 21.4. The number of furan rings is 1. The molecular weight excluding hydrogens is 414 g/mol. The SMILES string of the molecule is CCn1c(=O)oc2c(N3CCN(CCCc4coc5ccc(Cl)cc45)CC3)cccc21. The lowest BCUT2D eigenvalue weighted by atomic mass is 10.1. The number of nitrogens with zero attached hydrogens (tertiary/aromatic N) is 3. The number of hydrogen-bond donors (Lipinski definition) is 0. The van der Waals surface area contributed by atoms with Crippen molar-refractivity contribution in [2.75, 3.05) is 37.6 Å². The van der Waals surface area contributed by atoms with Crippen molar-refractivity contribution in [2.24, 2.45) is 0 Å². The number of para-hydroxylation sites is 1. The molecule has 3 heterocycles. The first kappa shape index (κ1) is 20.2. The van der Waals surface area contributed by atoms with Crippen LogP contribution < -0.4 is 10.7 Å². The van der Waals surface area contributed by atoms with Gasteiger partial charge in [-0.15, -0.1) is 0 Å². The molecule has 6 nitrogen and oxygen atoms in total. The van der Waals surface area contributed by atoms with Crippen molar-refractivity contribution in [2.45, 2.75) is 26.3 Å². The summed E-state index contributed by atoms with van der Waals surface area (Å²) in [4.78, 5) is 17.0. The molecule has 0 saturated carbocycles. The van der Waals surface area contributed by atoms with Crippen LogP contribution in [0, 0.1) is 0 Å². The second kappa shape index (κ2) is 8.44. The number of aromatic nitrogens is 1. The number of halogens is 1. The molecule has 2 aromatic heterocycles. The molecule has 7 heteroatoms. The van der Waals surface area contributed by atoms with E-state index in [0.717, 1.165) is 72.8 Å². The van der Waals surface area contributed by atoms with Gasteiger partial charge in [0.25, 0.3) is 0 Å². The topological polar surface area (TPSA) is 54.8 Å². The summed E-state index contributed by atoms with van der Waals surface area (Å²) in [6.45, 7) is 7.45. The average molecular weight is 440 g/mol. The van der Waals surface area contributed by atoms with E-state index in [1.807, 2.05) is 43.5 Å². The molecule has 0 radical (unpaired) electrons. The number of fused-ring (bicyclic) bond motifs is 2. The molecule has 0 unspecified atom stereocenters. The maximum atomic E-state index is 12.1. The van der Waals surface area contributed by atoms with Gasteiger partial charge in [-0.1, -0.05) is 17.7 Å². The Balaban J connectivity index is 1.20. The van der Waals surface area contributed by atoms with E-state index in [0.29, 0.717) is 12.1 Å². The van der Waals surface area contributed by atoms with E-state index in [9.17, 15) is 4.79 Å². The van der Waals surface area contributed by atoms with Crippen molar-refractivity contribution >= 4 is 39.4 Å². The van der Waals surface area contributed by atoms with Crippen molar-refractivity contribution in [3.05, 3.63) is 63.8 Å². The van der Waals surface area contributed by atoms with Crippen molar-refractivity contribution in [3.8, 4) is 0 Å². The van der Waals surface area contributed by atoms with E-state index in [-0.39, 0.29) is 5.76 Å². The van der Waals surface area contributed by atoms with Crippen LogP contribution in [0.2, 0.25) is 5.02 Å². The van der Waals surface area contributed by atoms with E-state index >= 15 is 0 Å². The minimum Gasteiger partial charge on any atom is -0.464 e. The Bertz CT molecular complexity index is 1260. The zero-order valence-electron chi connectivity index (χ0n) is 17.6. The Morgan fingerprint density at radius 3 is 2.74 bits per heavy atom. The Morgan fingerprint density at radius 1 is 1.10 bits per heavy atom. The maximum absolute atomic E-state index is 12.1. The fraction of sp³-hybridized carbons (Fsp3) is 0.375. The standard InChI is InChI=1S/C24H26ClN3O3/c1-2-28-21-7-3-6-20(23(21)31-24(28)29)27-13-11-26(12-14-27)10-4-5-17-16-30-22-9-8-18(25)15-19(17)22/h3,6-9,15-16H,2,4-5,10-14H2,1H3. The Hall–Kier alpha value is -2.70. The number of aryl methyl sites for hydroxylation is 2. The van der Waals surface area contributed by atoms with Crippen LogP contribution in [0.5, 0.6) is 0 Å². The Kier molecular flexibility index (Phi) is 5.50. The number of rotatable bonds is 6. The van der Waals surface area contributed by atoms with Gasteiger partial charge in [0.2, 0.25) is 0 Å². The molecule has 4 aromatic rings. The van der Waals surface area contributed by atoms with Gasteiger partial charge >= 0.3 is 5.76 Å². The third-order valence-corrected chi connectivity index (χ3v) is 6.47. The van der Waals surface area contributed by atoms with Gasteiger partial charge in [-0.3, -0.25) is 9.47 Å². The molecule has 0 aliphatic carbocycles. The van der Waals surface area contributed by atoms with Gasteiger partial charge in [0.05, 0.1) is 17.5 Å². The quantitative estimate of drug-likeness (QED) is 0.433. The minimum absolute atomic E-state index is 0.281. The van der Waals surface area contributed by atoms with Crippen LogP contribution in [0.15, 0.2) is 56.3 Å². The highest BCUT2D eigenvalue weighted by atomic mass is 35.5. The summed E-state index contributed by atoms with van der Waals surface area (Å²) >= 11 is 6.14. The highest BCUT2D eigenvalue weighted by Crippen LogP contribution is 2.28. The summed E-state index contributed by atoms with van der Waals surface area (Å²) in [5, 5.41) is 1.86. The van der Waals surface area contributed by atoms with Crippen molar-refractivity contribution in [1.82, 2.24) is 9.47 Å². The molecule has 1 aliphatic rings. The number of anilines is 1. The van der Waals surface area contributed by atoms with Crippen molar-refractivity contribution < 1.29 is 8.83 Å². The smallest absolute Gasteiger partial charge is 0.420 e. The molecule has 31 heavy (non-hydrogen) atoms. The first-order valence-corrected chi connectivity index (χ1v) is 11.3. The summed E-state index contributed by atoms with van der Waals surface area (Å²) < 4.78 is 12.9. The highest BCUT2D eigenvalue weighted by Gasteiger charge is 2.21. The molecule has 0 bridgehead atoms. The van der Waals surface area contributed by atoms with Crippen LogP contribution in [-0.2, 0) is 13.0 Å². The van der Waals surface area contributed by atoms with Crippen molar-refractivity contribution in [1.29, 1.82) is 0 Å². The van der Waals surface area contributed by atoms with Crippen LogP contribution in [0.3, 0.4) is 0 Å². The summed E-state index contributed by atoms with van der Waals surface area (Å²) in [5.41, 5.74) is 4.71. The highest BCUT2D eigenvalue weighted by molar-refractivity contribution is 6.31. The van der Waals surface area contributed by atoms with E-state index < -0.39 is 0 Å². The van der Waals surface area contributed by atoms with Gasteiger partial charge in [-0.25, -0.2) is 4.79 Å². The summed E-state index contributed by atoms with van der Waals surface area (Å²) in [6.07, 6.45) is 3.91. The third kappa shape index (κ3) is 3.86. The van der Waals surface area contributed by atoms with Gasteiger partial charge in [0.15, 0.2) is 5.58 Å². The summed E-state index contributed by atoms with van der Waals surface area (Å²) in [5.74, 6) is -0.281. The Morgan fingerprint density at radius 2 is 1.94 bits per heavy atom. The molecule has 2 aromatic carbocycles. The lowest BCUT2D eigenvalue weighted by molar-refractivity contribution is 0.255. The summed E-state index contributed by atoms with van der Waals surface area (Å²) in [6, 6.07) is 11.8. The monoisotopic (exact) mass is 439 g/mol. The Labute approximate surface area is 185 Å². The van der Waals surface area contributed by atoms with Gasteiger partial charge in [0.1, 0.15) is 5.58 Å². The van der Waals surface area contributed by atoms with Crippen LogP contribution in [0.1, 0.15) is 18.9 Å². The molecule has 0 amide bonds. The fourth-order valence-corrected chi connectivity index (χ4v) is 4.74. The first-order chi connectivity index (χ1) is 15.1. The minimum atomic E-state index is -0.281. The summed E-state index contributed by atoms with van der Waals surface area (Å²) in [7, 11) is 0. The largest absolute Gasteiger partial charge is 0.464 e. The predicted octanol–water partition coefficient (Wildman–Crippen LogP) is 4.77. The molecule has 0 atom stereocenters.